The highest BCUT2D eigenvalue weighted by atomic mass is 16.7. The summed E-state index contributed by atoms with van der Waals surface area (Å²) in [5.41, 5.74) is 0.701. The first-order chi connectivity index (χ1) is 9.62. The third-order valence-electron chi connectivity index (χ3n) is 3.67. The molecule has 1 saturated carbocycles. The van der Waals surface area contributed by atoms with E-state index in [1.54, 1.807) is 14.0 Å². The Labute approximate surface area is 117 Å². The van der Waals surface area contributed by atoms with Gasteiger partial charge in [0.15, 0.2) is 0 Å². The number of oxime groups is 1. The van der Waals surface area contributed by atoms with Crippen LogP contribution in [0.4, 0.5) is 0 Å². The van der Waals surface area contributed by atoms with Crippen molar-refractivity contribution in [3.63, 3.8) is 0 Å². The first-order valence-electron chi connectivity index (χ1n) is 6.82. The lowest BCUT2D eigenvalue weighted by atomic mass is 9.94. The number of hydrogen-bond donors (Lipinski definition) is 1. The van der Waals surface area contributed by atoms with E-state index in [-0.39, 0.29) is 5.91 Å². The molecule has 1 aliphatic carbocycles. The Hall–Kier alpha value is -2.04. The second-order valence-electron chi connectivity index (χ2n) is 5.48. The van der Waals surface area contributed by atoms with Gasteiger partial charge in [0.05, 0.1) is 12.8 Å². The van der Waals surface area contributed by atoms with Crippen molar-refractivity contribution >= 4 is 11.6 Å². The van der Waals surface area contributed by atoms with Crippen LogP contribution >= 0.6 is 0 Å². The minimum Gasteiger partial charge on any atom is -0.496 e. The standard InChI is InChI=1S/C15H18N2O3/c1-15(14(18)16-10-7-8-10)9-12(17-20-15)11-5-3-4-6-13(11)19-2/h3-6,10H,7-9H2,1-2H3,(H,16,18)/t15-/m0/s1. The zero-order valence-electron chi connectivity index (χ0n) is 11.7. The van der Waals surface area contributed by atoms with Crippen LogP contribution < -0.4 is 10.1 Å². The maximum absolute atomic E-state index is 12.2. The molecule has 1 aromatic carbocycles. The van der Waals surface area contributed by atoms with Crippen LogP contribution in [0.15, 0.2) is 29.4 Å². The molecule has 1 aliphatic heterocycles. The minimum absolute atomic E-state index is 0.0892. The molecule has 5 nitrogen and oxygen atoms in total. The molecule has 1 N–H and O–H groups in total. The molecule has 0 bridgehead atoms. The van der Waals surface area contributed by atoms with Gasteiger partial charge in [-0.1, -0.05) is 17.3 Å². The van der Waals surface area contributed by atoms with Crippen LogP contribution in [0.5, 0.6) is 5.75 Å². The molecule has 1 atom stereocenters. The number of para-hydroxylation sites is 1. The van der Waals surface area contributed by atoms with Crippen LogP contribution in [0.2, 0.25) is 0 Å². The van der Waals surface area contributed by atoms with Crippen molar-refractivity contribution in [3.05, 3.63) is 29.8 Å². The summed E-state index contributed by atoms with van der Waals surface area (Å²) in [6.45, 7) is 1.77. The average molecular weight is 274 g/mol. The van der Waals surface area contributed by atoms with Crippen molar-refractivity contribution in [3.8, 4) is 5.75 Å². The number of methoxy groups -OCH3 is 1. The van der Waals surface area contributed by atoms with Crippen molar-refractivity contribution in [1.82, 2.24) is 5.32 Å². The summed E-state index contributed by atoms with van der Waals surface area (Å²) in [6, 6.07) is 7.93. The van der Waals surface area contributed by atoms with Crippen molar-refractivity contribution in [1.29, 1.82) is 0 Å². The van der Waals surface area contributed by atoms with Gasteiger partial charge in [-0.15, -0.1) is 0 Å². The number of carbonyl (C=O) groups is 1. The second-order valence-corrected chi connectivity index (χ2v) is 5.48. The molecule has 0 saturated heterocycles. The number of carbonyl (C=O) groups excluding carboxylic acids is 1. The molecule has 20 heavy (non-hydrogen) atoms. The fourth-order valence-electron chi connectivity index (χ4n) is 2.25. The van der Waals surface area contributed by atoms with Gasteiger partial charge in [-0.25, -0.2) is 0 Å². The van der Waals surface area contributed by atoms with Gasteiger partial charge >= 0.3 is 0 Å². The van der Waals surface area contributed by atoms with Gasteiger partial charge in [-0.05, 0) is 31.9 Å². The van der Waals surface area contributed by atoms with Gasteiger partial charge in [0.2, 0.25) is 5.60 Å². The Balaban J connectivity index is 1.76. The van der Waals surface area contributed by atoms with Gasteiger partial charge in [0.1, 0.15) is 5.75 Å². The monoisotopic (exact) mass is 274 g/mol. The highest BCUT2D eigenvalue weighted by Crippen LogP contribution is 2.31. The van der Waals surface area contributed by atoms with E-state index in [0.29, 0.717) is 12.5 Å². The summed E-state index contributed by atoms with van der Waals surface area (Å²) >= 11 is 0. The molecule has 106 valence electrons. The fourth-order valence-corrected chi connectivity index (χ4v) is 2.25. The predicted molar refractivity (Wildman–Crippen MR) is 74.8 cm³/mol. The smallest absolute Gasteiger partial charge is 0.267 e. The van der Waals surface area contributed by atoms with E-state index in [0.717, 1.165) is 29.9 Å². The first kappa shape index (κ1) is 13.0. The Kier molecular flexibility index (Phi) is 3.12. The molecule has 0 radical (unpaired) electrons. The lowest BCUT2D eigenvalue weighted by Gasteiger charge is -2.20. The Morgan fingerprint density at radius 2 is 2.20 bits per heavy atom. The Morgan fingerprint density at radius 3 is 2.90 bits per heavy atom. The Morgan fingerprint density at radius 1 is 1.45 bits per heavy atom. The summed E-state index contributed by atoms with van der Waals surface area (Å²) in [5.74, 6) is 0.648. The van der Waals surface area contributed by atoms with E-state index < -0.39 is 5.60 Å². The van der Waals surface area contributed by atoms with Gasteiger partial charge in [-0.3, -0.25) is 4.79 Å². The number of nitrogens with one attached hydrogen (secondary N) is 1. The maximum Gasteiger partial charge on any atom is 0.267 e. The molecule has 5 heteroatoms. The SMILES string of the molecule is COc1ccccc1C1=NO[C@](C)(C(=O)NC2CC2)C1. The van der Waals surface area contributed by atoms with Crippen LogP contribution in [-0.4, -0.2) is 30.4 Å². The Bertz CT molecular complexity index is 566. The molecule has 2 aliphatic rings. The van der Waals surface area contributed by atoms with Gasteiger partial charge in [0.25, 0.3) is 5.91 Å². The molecule has 1 heterocycles. The summed E-state index contributed by atoms with van der Waals surface area (Å²) in [6.07, 6.45) is 2.57. The van der Waals surface area contributed by atoms with Crippen LogP contribution in [0, 0.1) is 0 Å². The quantitative estimate of drug-likeness (QED) is 0.911. The van der Waals surface area contributed by atoms with E-state index in [1.165, 1.54) is 0 Å². The lowest BCUT2D eigenvalue weighted by molar-refractivity contribution is -0.141. The normalized spacial score (nSPS) is 24.8. The molecule has 1 amide bonds. The zero-order valence-corrected chi connectivity index (χ0v) is 11.7. The number of amides is 1. The van der Waals surface area contributed by atoms with Crippen LogP contribution in [0.3, 0.4) is 0 Å². The largest absolute Gasteiger partial charge is 0.496 e. The molecule has 0 aromatic heterocycles. The van der Waals surface area contributed by atoms with Crippen molar-refractivity contribution in [2.75, 3.05) is 7.11 Å². The molecular weight excluding hydrogens is 256 g/mol. The number of rotatable bonds is 4. The maximum atomic E-state index is 12.2. The van der Waals surface area contributed by atoms with Crippen LogP contribution in [0.25, 0.3) is 0 Å². The number of nitrogens with zero attached hydrogens (tertiary/aromatic N) is 1. The molecule has 3 rings (SSSR count). The predicted octanol–water partition coefficient (Wildman–Crippen LogP) is 1.86. The summed E-state index contributed by atoms with van der Waals surface area (Å²) in [7, 11) is 1.62. The van der Waals surface area contributed by atoms with E-state index in [9.17, 15) is 4.79 Å². The number of benzene rings is 1. The van der Waals surface area contributed by atoms with E-state index in [4.69, 9.17) is 9.57 Å². The highest BCUT2D eigenvalue weighted by Gasteiger charge is 2.44. The molecule has 0 unspecified atom stereocenters. The summed E-state index contributed by atoms with van der Waals surface area (Å²) in [4.78, 5) is 17.6. The van der Waals surface area contributed by atoms with Crippen LogP contribution in [-0.2, 0) is 9.63 Å². The van der Waals surface area contributed by atoms with E-state index >= 15 is 0 Å². The third-order valence-corrected chi connectivity index (χ3v) is 3.67. The summed E-state index contributed by atoms with van der Waals surface area (Å²) < 4.78 is 5.32. The molecular formula is C15H18N2O3. The van der Waals surface area contributed by atoms with Crippen LogP contribution in [0.1, 0.15) is 31.7 Å². The van der Waals surface area contributed by atoms with Gasteiger partial charge in [0, 0.05) is 18.0 Å². The van der Waals surface area contributed by atoms with Crippen molar-refractivity contribution in [2.24, 2.45) is 5.16 Å². The average Bonchev–Trinajstić information content (AvgIpc) is 3.18. The highest BCUT2D eigenvalue weighted by molar-refractivity contribution is 6.07. The van der Waals surface area contributed by atoms with Crippen molar-refractivity contribution in [2.45, 2.75) is 37.8 Å². The van der Waals surface area contributed by atoms with Gasteiger partial charge in [-0.2, -0.15) is 0 Å². The summed E-state index contributed by atoms with van der Waals surface area (Å²) in [5, 5.41) is 7.06. The third kappa shape index (κ3) is 2.35. The topological polar surface area (TPSA) is 59.9 Å². The zero-order chi connectivity index (χ0) is 14.2. The second kappa shape index (κ2) is 4.81. The van der Waals surface area contributed by atoms with Gasteiger partial charge < -0.3 is 14.9 Å². The molecule has 1 aromatic rings. The fraction of sp³-hybridized carbons (Fsp3) is 0.467. The van der Waals surface area contributed by atoms with E-state index in [1.807, 2.05) is 24.3 Å². The lowest BCUT2D eigenvalue weighted by Crippen LogP contribution is -2.45. The minimum atomic E-state index is -0.918. The molecule has 0 spiro atoms. The number of hydrogen-bond acceptors (Lipinski definition) is 4. The van der Waals surface area contributed by atoms with E-state index in [2.05, 4.69) is 10.5 Å². The molecule has 1 fully saturated rings. The first-order valence-corrected chi connectivity index (χ1v) is 6.82. The number of ether oxygens (including phenoxy) is 1. The van der Waals surface area contributed by atoms with Crippen molar-refractivity contribution < 1.29 is 14.4 Å².